The zero-order valence-corrected chi connectivity index (χ0v) is 23.0. The zero-order chi connectivity index (χ0) is 30.5. The lowest BCUT2D eigenvalue weighted by molar-refractivity contribution is -0.134. The zero-order valence-electron chi connectivity index (χ0n) is 23.0. The highest BCUT2D eigenvalue weighted by molar-refractivity contribution is 5.94. The summed E-state index contributed by atoms with van der Waals surface area (Å²) in [6.07, 6.45) is 6.24. The fraction of sp³-hybridized carbons (Fsp3) is 0.625. The van der Waals surface area contributed by atoms with E-state index < -0.39 is 54.3 Å². The van der Waals surface area contributed by atoms with Gasteiger partial charge in [-0.2, -0.15) is 0 Å². The van der Waals surface area contributed by atoms with Crippen molar-refractivity contribution >= 4 is 35.5 Å². The van der Waals surface area contributed by atoms with Crippen molar-refractivity contribution in [3.8, 4) is 0 Å². The van der Waals surface area contributed by atoms with Gasteiger partial charge in [-0.15, -0.1) is 0 Å². The lowest BCUT2D eigenvalue weighted by atomic mass is 10.1. The molecule has 5 amide bonds. The second kappa shape index (κ2) is 20.9. The summed E-state index contributed by atoms with van der Waals surface area (Å²) in [5.41, 5.74) is 16.9. The number of carbonyl (C=O) groups excluding carboxylic acids is 5. The minimum absolute atomic E-state index is 0.0629. The van der Waals surface area contributed by atoms with Crippen LogP contribution >= 0.6 is 0 Å². The van der Waals surface area contributed by atoms with Gasteiger partial charge in [-0.25, -0.2) is 4.98 Å². The summed E-state index contributed by atoms with van der Waals surface area (Å²) in [7, 11) is 0. The average molecular weight is 570 g/mol. The Labute approximate surface area is 233 Å². The van der Waals surface area contributed by atoms with Crippen LogP contribution in [-0.2, 0) is 35.2 Å². The molecule has 0 aliphatic carbocycles. The lowest BCUT2D eigenvalue weighted by Crippen LogP contribution is -2.55. The van der Waals surface area contributed by atoms with Crippen molar-refractivity contribution in [3.63, 3.8) is 0 Å². The Morgan fingerprint density at radius 1 is 0.875 bits per heavy atom. The molecular formula is C24H43N9O7. The predicted molar refractivity (Wildman–Crippen MR) is 145 cm³/mol. The van der Waals surface area contributed by atoms with E-state index in [-0.39, 0.29) is 12.3 Å². The number of aromatic amines is 1. The minimum atomic E-state index is -1.07. The van der Waals surface area contributed by atoms with Crippen LogP contribution in [0.4, 0.5) is 0 Å². The van der Waals surface area contributed by atoms with Crippen LogP contribution in [0.25, 0.3) is 0 Å². The molecule has 0 aliphatic heterocycles. The quantitative estimate of drug-likeness (QED) is 0.0829. The smallest absolute Gasteiger partial charge is 0.300 e. The highest BCUT2D eigenvalue weighted by Gasteiger charge is 2.27. The molecule has 0 radical (unpaired) electrons. The molecule has 1 aromatic heterocycles. The number of H-pyrrole nitrogens is 1. The van der Waals surface area contributed by atoms with Crippen LogP contribution in [0.3, 0.4) is 0 Å². The summed E-state index contributed by atoms with van der Waals surface area (Å²) in [5.74, 6) is -3.68. The molecule has 12 N–H and O–H groups in total. The van der Waals surface area contributed by atoms with Crippen molar-refractivity contribution in [2.45, 2.75) is 76.9 Å². The number of amides is 5. The molecule has 0 fully saturated rings. The first-order chi connectivity index (χ1) is 18.9. The molecule has 1 heterocycles. The minimum Gasteiger partial charge on any atom is -0.481 e. The normalized spacial score (nSPS) is 12.5. The van der Waals surface area contributed by atoms with Gasteiger partial charge >= 0.3 is 0 Å². The van der Waals surface area contributed by atoms with E-state index in [1.54, 1.807) is 0 Å². The number of nitrogens with two attached hydrogens (primary N) is 3. The summed E-state index contributed by atoms with van der Waals surface area (Å²) >= 11 is 0. The number of nitrogens with zero attached hydrogens (tertiary/aromatic N) is 1. The number of rotatable bonds is 18. The molecule has 0 aromatic carbocycles. The van der Waals surface area contributed by atoms with Crippen molar-refractivity contribution in [2.24, 2.45) is 17.2 Å². The van der Waals surface area contributed by atoms with Gasteiger partial charge in [0, 0.05) is 32.2 Å². The summed E-state index contributed by atoms with van der Waals surface area (Å²) < 4.78 is 0. The number of primary amides is 1. The van der Waals surface area contributed by atoms with Gasteiger partial charge in [-0.3, -0.25) is 28.8 Å². The van der Waals surface area contributed by atoms with E-state index in [2.05, 4.69) is 31.2 Å². The van der Waals surface area contributed by atoms with Gasteiger partial charge in [0.15, 0.2) is 0 Å². The average Bonchev–Trinajstić information content (AvgIpc) is 3.38. The molecule has 0 spiro atoms. The van der Waals surface area contributed by atoms with Crippen molar-refractivity contribution in [2.75, 3.05) is 19.6 Å². The SMILES string of the molecule is CC(=O)NC(CCCCN)C(=O)NCC(=O)NC(Cc1cnc[nH]1)C(=O)NC(CCCCN)C(N)=O.CC(=O)O. The van der Waals surface area contributed by atoms with Crippen LogP contribution in [0, 0.1) is 0 Å². The van der Waals surface area contributed by atoms with Gasteiger partial charge in [-0.05, 0) is 51.6 Å². The number of carboxylic acids is 1. The summed E-state index contributed by atoms with van der Waals surface area (Å²) in [6, 6.07) is -2.80. The summed E-state index contributed by atoms with van der Waals surface area (Å²) in [6.45, 7) is 2.86. The van der Waals surface area contributed by atoms with Crippen molar-refractivity contribution in [3.05, 3.63) is 18.2 Å². The topological polar surface area (TPSA) is 278 Å². The molecule has 0 saturated heterocycles. The standard InChI is InChI=1S/C22H39N9O5.C2H4O2/c1-14(32)29-17(7-3-5-9-24)21(35)27-12-19(33)30-18(10-15-11-26-13-28-15)22(36)31-16(20(25)34)6-2-4-8-23;1-2(3)4/h11,13,16-18H,2-10,12,23-24H2,1H3,(H2,25,34)(H,26,28)(H,27,35)(H,29,32)(H,30,33)(H,31,36);1H3,(H,3,4). The van der Waals surface area contributed by atoms with Crippen molar-refractivity contribution in [1.82, 2.24) is 31.2 Å². The molecule has 0 bridgehead atoms. The predicted octanol–water partition coefficient (Wildman–Crippen LogP) is -2.62. The first-order valence-electron chi connectivity index (χ1n) is 12.9. The molecule has 0 aliphatic rings. The number of aromatic nitrogens is 2. The van der Waals surface area contributed by atoms with Gasteiger partial charge in [-0.1, -0.05) is 0 Å². The number of carbonyl (C=O) groups is 6. The lowest BCUT2D eigenvalue weighted by Gasteiger charge is -2.22. The molecule has 16 heteroatoms. The highest BCUT2D eigenvalue weighted by Crippen LogP contribution is 2.04. The number of carboxylic acid groups (broad SMARTS) is 1. The molecule has 3 atom stereocenters. The maximum Gasteiger partial charge on any atom is 0.300 e. The van der Waals surface area contributed by atoms with E-state index in [0.717, 1.165) is 6.92 Å². The number of imidazole rings is 1. The third-order valence-electron chi connectivity index (χ3n) is 5.30. The molecule has 1 rings (SSSR count). The van der Waals surface area contributed by atoms with Gasteiger partial charge in [0.1, 0.15) is 18.1 Å². The summed E-state index contributed by atoms with van der Waals surface area (Å²) in [5, 5.41) is 17.6. The third kappa shape index (κ3) is 17.5. The van der Waals surface area contributed by atoms with Crippen LogP contribution in [0.2, 0.25) is 0 Å². The fourth-order valence-corrected chi connectivity index (χ4v) is 3.42. The maximum absolute atomic E-state index is 12.9. The molecule has 1 aromatic rings. The van der Waals surface area contributed by atoms with Crippen LogP contribution in [0.1, 0.15) is 58.1 Å². The highest BCUT2D eigenvalue weighted by atomic mass is 16.4. The van der Waals surface area contributed by atoms with Gasteiger partial charge in [0.05, 0.1) is 12.9 Å². The number of nitrogens with one attached hydrogen (secondary N) is 5. The first kappa shape index (κ1) is 35.9. The van der Waals surface area contributed by atoms with Crippen LogP contribution in [0.5, 0.6) is 0 Å². The van der Waals surface area contributed by atoms with Crippen molar-refractivity contribution in [1.29, 1.82) is 0 Å². The first-order valence-corrected chi connectivity index (χ1v) is 12.9. The Morgan fingerprint density at radius 2 is 1.45 bits per heavy atom. The molecule has 0 saturated carbocycles. The Balaban J connectivity index is 0.00000354. The molecule has 40 heavy (non-hydrogen) atoms. The van der Waals surface area contributed by atoms with E-state index in [9.17, 15) is 24.0 Å². The Morgan fingerprint density at radius 3 is 1.93 bits per heavy atom. The van der Waals surface area contributed by atoms with Crippen LogP contribution in [0.15, 0.2) is 12.5 Å². The Kier molecular flexibility index (Phi) is 18.7. The van der Waals surface area contributed by atoms with Gasteiger partial charge < -0.3 is 48.6 Å². The molecular weight excluding hydrogens is 526 g/mol. The fourth-order valence-electron chi connectivity index (χ4n) is 3.42. The van der Waals surface area contributed by atoms with E-state index in [1.807, 2.05) is 0 Å². The number of unbranched alkanes of at least 4 members (excludes halogenated alkanes) is 2. The molecule has 3 unspecified atom stereocenters. The second-order valence-corrected chi connectivity index (χ2v) is 8.92. The molecule has 16 nitrogen and oxygen atoms in total. The van der Waals surface area contributed by atoms with E-state index in [4.69, 9.17) is 27.1 Å². The van der Waals surface area contributed by atoms with E-state index >= 15 is 0 Å². The third-order valence-corrected chi connectivity index (χ3v) is 5.30. The Bertz CT molecular complexity index is 937. The monoisotopic (exact) mass is 569 g/mol. The number of aliphatic carboxylic acids is 1. The van der Waals surface area contributed by atoms with Gasteiger partial charge in [0.2, 0.25) is 29.5 Å². The summed E-state index contributed by atoms with van der Waals surface area (Å²) in [4.78, 5) is 77.0. The van der Waals surface area contributed by atoms with Crippen molar-refractivity contribution < 1.29 is 33.9 Å². The van der Waals surface area contributed by atoms with Crippen LogP contribution in [-0.4, -0.2) is 88.3 Å². The van der Waals surface area contributed by atoms with E-state index in [0.29, 0.717) is 57.3 Å². The van der Waals surface area contributed by atoms with Gasteiger partial charge in [0.25, 0.3) is 5.97 Å². The second-order valence-electron chi connectivity index (χ2n) is 8.92. The number of hydrogen-bond donors (Lipinski definition) is 9. The Hall–Kier alpha value is -4.05. The van der Waals surface area contributed by atoms with Crippen LogP contribution < -0.4 is 38.5 Å². The largest absolute Gasteiger partial charge is 0.481 e. The maximum atomic E-state index is 12.9. The molecule has 226 valence electrons. The number of hydrogen-bond acceptors (Lipinski definition) is 9. The van der Waals surface area contributed by atoms with E-state index in [1.165, 1.54) is 19.4 Å².